The van der Waals surface area contributed by atoms with Crippen molar-refractivity contribution in [2.24, 2.45) is 0 Å². The van der Waals surface area contributed by atoms with Crippen molar-refractivity contribution >= 4 is 5.91 Å². The summed E-state index contributed by atoms with van der Waals surface area (Å²) < 4.78 is 5.80. The minimum absolute atomic E-state index is 0.0618. The summed E-state index contributed by atoms with van der Waals surface area (Å²) in [6.07, 6.45) is 0.204. The molecule has 106 valence electrons. The average Bonchev–Trinajstić information content (AvgIpc) is 2.28. The number of rotatable bonds is 4. The molecule has 0 saturated heterocycles. The van der Waals surface area contributed by atoms with Gasteiger partial charge in [-0.25, -0.2) is 0 Å². The van der Waals surface area contributed by atoms with Gasteiger partial charge in [0, 0.05) is 5.54 Å². The average molecular weight is 263 g/mol. The molecule has 0 radical (unpaired) electrons. The molecule has 1 aromatic carbocycles. The van der Waals surface area contributed by atoms with Gasteiger partial charge in [-0.05, 0) is 64.3 Å². The first-order valence-electron chi connectivity index (χ1n) is 6.79. The van der Waals surface area contributed by atoms with Crippen LogP contribution in [0.4, 0.5) is 0 Å². The molecule has 0 aliphatic carbocycles. The molecule has 1 aromatic rings. The van der Waals surface area contributed by atoms with Gasteiger partial charge in [0.25, 0.3) is 5.91 Å². The smallest absolute Gasteiger partial charge is 0.261 e. The van der Waals surface area contributed by atoms with Crippen LogP contribution in [-0.4, -0.2) is 17.6 Å². The summed E-state index contributed by atoms with van der Waals surface area (Å²) in [4.78, 5) is 12.1. The van der Waals surface area contributed by atoms with Crippen molar-refractivity contribution in [1.29, 1.82) is 0 Å². The monoisotopic (exact) mass is 263 g/mol. The van der Waals surface area contributed by atoms with E-state index >= 15 is 0 Å². The number of hydrogen-bond donors (Lipinski definition) is 1. The van der Waals surface area contributed by atoms with Crippen molar-refractivity contribution < 1.29 is 9.53 Å². The fraction of sp³-hybridized carbons (Fsp3) is 0.562. The van der Waals surface area contributed by atoms with E-state index in [-0.39, 0.29) is 11.4 Å². The zero-order valence-corrected chi connectivity index (χ0v) is 12.8. The van der Waals surface area contributed by atoms with E-state index in [1.165, 1.54) is 11.1 Å². The molecule has 1 amide bonds. The minimum atomic E-state index is -0.443. The molecule has 1 N–H and O–H groups in total. The van der Waals surface area contributed by atoms with Gasteiger partial charge in [-0.2, -0.15) is 0 Å². The summed E-state index contributed by atoms with van der Waals surface area (Å²) in [7, 11) is 0. The van der Waals surface area contributed by atoms with E-state index in [4.69, 9.17) is 4.74 Å². The zero-order valence-electron chi connectivity index (χ0n) is 12.8. The predicted molar refractivity (Wildman–Crippen MR) is 78.5 cm³/mol. The lowest BCUT2D eigenvalue weighted by atomic mass is 10.1. The summed E-state index contributed by atoms with van der Waals surface area (Å²) in [5.74, 6) is 0.687. The standard InChI is InChI=1S/C16H25NO2/c1-7-14(15(18)17-16(4,5)6)19-13-9-8-11(2)12(3)10-13/h8-10,14H,7H2,1-6H3,(H,17,18)/t14-/m1/s1. The lowest BCUT2D eigenvalue weighted by Gasteiger charge is -2.25. The number of hydrogen-bond acceptors (Lipinski definition) is 2. The van der Waals surface area contributed by atoms with E-state index in [0.29, 0.717) is 6.42 Å². The topological polar surface area (TPSA) is 38.3 Å². The molecule has 0 heterocycles. The fourth-order valence-corrected chi connectivity index (χ4v) is 1.72. The minimum Gasteiger partial charge on any atom is -0.481 e. The van der Waals surface area contributed by atoms with Crippen molar-refractivity contribution in [2.75, 3.05) is 0 Å². The normalized spacial score (nSPS) is 12.9. The second-order valence-corrected chi connectivity index (χ2v) is 6.00. The van der Waals surface area contributed by atoms with Gasteiger partial charge in [-0.15, -0.1) is 0 Å². The number of benzene rings is 1. The second kappa shape index (κ2) is 6.09. The molecule has 0 unspecified atom stereocenters. The molecule has 0 bridgehead atoms. The van der Waals surface area contributed by atoms with Crippen molar-refractivity contribution in [3.8, 4) is 5.75 Å². The molecule has 3 heteroatoms. The van der Waals surface area contributed by atoms with Gasteiger partial charge in [0.05, 0.1) is 0 Å². The van der Waals surface area contributed by atoms with Crippen LogP contribution in [0.2, 0.25) is 0 Å². The highest BCUT2D eigenvalue weighted by atomic mass is 16.5. The quantitative estimate of drug-likeness (QED) is 0.904. The molecular weight excluding hydrogens is 238 g/mol. The summed E-state index contributed by atoms with van der Waals surface area (Å²) in [6, 6.07) is 5.90. The van der Waals surface area contributed by atoms with Crippen molar-refractivity contribution in [1.82, 2.24) is 5.32 Å². The van der Waals surface area contributed by atoms with Crippen LogP contribution in [0.25, 0.3) is 0 Å². The molecular formula is C16H25NO2. The Hall–Kier alpha value is -1.51. The lowest BCUT2D eigenvalue weighted by Crippen LogP contribution is -2.47. The van der Waals surface area contributed by atoms with E-state index in [0.717, 1.165) is 5.75 Å². The van der Waals surface area contributed by atoms with E-state index in [1.54, 1.807) is 0 Å². The Bertz CT molecular complexity index is 447. The molecule has 19 heavy (non-hydrogen) atoms. The Labute approximate surface area is 116 Å². The second-order valence-electron chi connectivity index (χ2n) is 6.00. The number of ether oxygens (including phenoxy) is 1. The Morgan fingerprint density at radius 3 is 2.37 bits per heavy atom. The van der Waals surface area contributed by atoms with Crippen LogP contribution in [-0.2, 0) is 4.79 Å². The molecule has 1 rings (SSSR count). The van der Waals surface area contributed by atoms with Gasteiger partial charge in [0.1, 0.15) is 5.75 Å². The maximum absolute atomic E-state index is 12.1. The third kappa shape index (κ3) is 4.93. The maximum Gasteiger partial charge on any atom is 0.261 e. The van der Waals surface area contributed by atoms with E-state index in [9.17, 15) is 4.79 Å². The molecule has 0 aromatic heterocycles. The summed E-state index contributed by atoms with van der Waals surface area (Å²) in [5.41, 5.74) is 2.15. The van der Waals surface area contributed by atoms with Crippen LogP contribution < -0.4 is 10.1 Å². The summed E-state index contributed by atoms with van der Waals surface area (Å²) in [5, 5.41) is 2.95. The molecule has 1 atom stereocenters. The van der Waals surface area contributed by atoms with E-state index in [2.05, 4.69) is 12.2 Å². The largest absolute Gasteiger partial charge is 0.481 e. The highest BCUT2D eigenvalue weighted by Gasteiger charge is 2.23. The van der Waals surface area contributed by atoms with Crippen molar-refractivity contribution in [2.45, 2.75) is 59.6 Å². The number of carbonyl (C=O) groups is 1. The summed E-state index contributed by atoms with van der Waals surface area (Å²) in [6.45, 7) is 11.9. The molecule has 3 nitrogen and oxygen atoms in total. The lowest BCUT2D eigenvalue weighted by molar-refractivity contribution is -0.129. The Morgan fingerprint density at radius 1 is 1.26 bits per heavy atom. The van der Waals surface area contributed by atoms with Crippen molar-refractivity contribution in [3.63, 3.8) is 0 Å². The first-order valence-corrected chi connectivity index (χ1v) is 6.79. The molecule has 0 saturated carbocycles. The maximum atomic E-state index is 12.1. The predicted octanol–water partition coefficient (Wildman–Crippen LogP) is 3.38. The molecule has 0 spiro atoms. The number of nitrogens with one attached hydrogen (secondary N) is 1. The third-order valence-electron chi connectivity index (χ3n) is 2.92. The highest BCUT2D eigenvalue weighted by Crippen LogP contribution is 2.18. The van der Waals surface area contributed by atoms with Gasteiger partial charge < -0.3 is 10.1 Å². The highest BCUT2D eigenvalue weighted by molar-refractivity contribution is 5.81. The van der Waals surface area contributed by atoms with Crippen LogP contribution in [0.3, 0.4) is 0 Å². The Morgan fingerprint density at radius 2 is 1.89 bits per heavy atom. The number of carbonyl (C=O) groups excluding carboxylic acids is 1. The Kier molecular flexibility index (Phi) is 4.98. The Balaban J connectivity index is 2.76. The SMILES string of the molecule is CC[C@@H](Oc1ccc(C)c(C)c1)C(=O)NC(C)(C)C. The first-order chi connectivity index (χ1) is 8.73. The van der Waals surface area contributed by atoms with Gasteiger partial charge in [0.15, 0.2) is 6.10 Å². The van der Waals surface area contributed by atoms with Crippen LogP contribution in [0.15, 0.2) is 18.2 Å². The van der Waals surface area contributed by atoms with Crippen LogP contribution in [0.5, 0.6) is 5.75 Å². The molecule has 0 fully saturated rings. The van der Waals surface area contributed by atoms with Crippen molar-refractivity contribution in [3.05, 3.63) is 29.3 Å². The first kappa shape index (κ1) is 15.5. The van der Waals surface area contributed by atoms with Gasteiger partial charge in [-0.3, -0.25) is 4.79 Å². The third-order valence-corrected chi connectivity index (χ3v) is 2.92. The van der Waals surface area contributed by atoms with E-state index < -0.39 is 6.10 Å². The number of amides is 1. The summed E-state index contributed by atoms with van der Waals surface area (Å²) >= 11 is 0. The molecule has 0 aliphatic rings. The van der Waals surface area contributed by atoms with Crippen LogP contribution in [0.1, 0.15) is 45.2 Å². The van der Waals surface area contributed by atoms with Crippen LogP contribution >= 0.6 is 0 Å². The fourth-order valence-electron chi connectivity index (χ4n) is 1.72. The number of aryl methyl sites for hydroxylation is 2. The van der Waals surface area contributed by atoms with E-state index in [1.807, 2.05) is 52.8 Å². The van der Waals surface area contributed by atoms with Gasteiger partial charge >= 0.3 is 0 Å². The van der Waals surface area contributed by atoms with Gasteiger partial charge in [-0.1, -0.05) is 13.0 Å². The van der Waals surface area contributed by atoms with Gasteiger partial charge in [0.2, 0.25) is 0 Å². The zero-order chi connectivity index (χ0) is 14.6. The van der Waals surface area contributed by atoms with Crippen LogP contribution in [0, 0.1) is 13.8 Å². The molecule has 0 aliphatic heterocycles.